The molecule has 2 rings (SSSR count). The predicted octanol–water partition coefficient (Wildman–Crippen LogP) is 2.94. The van der Waals surface area contributed by atoms with Gasteiger partial charge in [-0.3, -0.25) is 4.79 Å². The van der Waals surface area contributed by atoms with Gasteiger partial charge in [0, 0.05) is 12.0 Å². The molecule has 0 bridgehead atoms. The average Bonchev–Trinajstić information content (AvgIpc) is 2.69. The van der Waals surface area contributed by atoms with Crippen molar-refractivity contribution in [3.05, 3.63) is 29.6 Å². The van der Waals surface area contributed by atoms with Crippen molar-refractivity contribution >= 4 is 28.4 Å². The molecule has 0 saturated carbocycles. The molecule has 1 aromatic heterocycles. The highest BCUT2D eigenvalue weighted by molar-refractivity contribution is 6.30. The van der Waals surface area contributed by atoms with Crippen LogP contribution in [0, 0.1) is 0 Å². The number of ketones is 1. The van der Waals surface area contributed by atoms with Gasteiger partial charge in [-0.15, -0.1) is 11.6 Å². The van der Waals surface area contributed by atoms with Gasteiger partial charge in [0.2, 0.25) is 0 Å². The molecule has 0 amide bonds. The Bertz CT molecular complexity index is 519. The summed E-state index contributed by atoms with van der Waals surface area (Å²) in [5.74, 6) is 0.921. The zero-order chi connectivity index (χ0) is 11.5. The van der Waals surface area contributed by atoms with Gasteiger partial charge < -0.3 is 4.98 Å². The van der Waals surface area contributed by atoms with Crippen molar-refractivity contribution in [3.8, 4) is 0 Å². The molecule has 0 aliphatic rings. The van der Waals surface area contributed by atoms with Crippen molar-refractivity contribution < 1.29 is 4.79 Å². The Kier molecular flexibility index (Phi) is 3.25. The predicted molar refractivity (Wildman–Crippen MR) is 65.1 cm³/mol. The van der Waals surface area contributed by atoms with Crippen LogP contribution in [-0.4, -0.2) is 21.6 Å². The minimum atomic E-state index is -0.0600. The van der Waals surface area contributed by atoms with E-state index < -0.39 is 0 Å². The van der Waals surface area contributed by atoms with Crippen molar-refractivity contribution in [2.45, 2.75) is 19.8 Å². The number of alkyl halides is 1. The second-order valence-corrected chi connectivity index (χ2v) is 3.99. The van der Waals surface area contributed by atoms with Gasteiger partial charge in [0.25, 0.3) is 0 Å². The number of carbonyl (C=O) groups is 1. The number of hydrogen-bond donors (Lipinski definition) is 1. The van der Waals surface area contributed by atoms with Crippen molar-refractivity contribution in [2.24, 2.45) is 0 Å². The summed E-state index contributed by atoms with van der Waals surface area (Å²) in [6.45, 7) is 2.11. The minimum absolute atomic E-state index is 0.0153. The summed E-state index contributed by atoms with van der Waals surface area (Å²) in [6, 6.07) is 5.43. The molecule has 3 nitrogen and oxygen atoms in total. The third-order valence-corrected chi connectivity index (χ3v) is 2.70. The van der Waals surface area contributed by atoms with Crippen LogP contribution >= 0.6 is 11.6 Å². The van der Waals surface area contributed by atoms with Crippen LogP contribution in [0.5, 0.6) is 0 Å². The average molecular weight is 237 g/mol. The number of rotatable bonds is 4. The third-order valence-electron chi connectivity index (χ3n) is 2.46. The number of nitrogens with zero attached hydrogens (tertiary/aromatic N) is 1. The highest BCUT2D eigenvalue weighted by atomic mass is 35.5. The molecule has 1 heterocycles. The summed E-state index contributed by atoms with van der Waals surface area (Å²) < 4.78 is 0. The Morgan fingerprint density at radius 3 is 3.00 bits per heavy atom. The maximum Gasteiger partial charge on any atom is 0.177 e. The van der Waals surface area contributed by atoms with Gasteiger partial charge in [-0.1, -0.05) is 6.92 Å². The third kappa shape index (κ3) is 2.09. The molecule has 0 saturated heterocycles. The molecule has 84 valence electrons. The summed E-state index contributed by atoms with van der Waals surface area (Å²) in [6.07, 6.45) is 1.97. The van der Waals surface area contributed by atoms with Gasteiger partial charge in [0.15, 0.2) is 5.78 Å². The van der Waals surface area contributed by atoms with Gasteiger partial charge >= 0.3 is 0 Å². The van der Waals surface area contributed by atoms with Gasteiger partial charge in [-0.25, -0.2) is 4.98 Å². The Hall–Kier alpha value is -1.35. The van der Waals surface area contributed by atoms with Crippen LogP contribution in [0.1, 0.15) is 29.5 Å². The number of Topliss-reactive ketones (excluding diaryl/α,β-unsaturated/α-hetero) is 1. The molecular formula is C12H13ClN2O. The molecule has 0 aliphatic heterocycles. The van der Waals surface area contributed by atoms with E-state index in [1.54, 1.807) is 6.07 Å². The smallest absolute Gasteiger partial charge is 0.177 e. The first kappa shape index (κ1) is 11.1. The van der Waals surface area contributed by atoms with E-state index in [4.69, 9.17) is 11.6 Å². The fraction of sp³-hybridized carbons (Fsp3) is 0.333. The Morgan fingerprint density at radius 2 is 2.31 bits per heavy atom. The normalized spacial score (nSPS) is 10.9. The number of H-pyrrole nitrogens is 1. The summed E-state index contributed by atoms with van der Waals surface area (Å²) in [4.78, 5) is 19.1. The summed E-state index contributed by atoms with van der Waals surface area (Å²) >= 11 is 5.52. The number of hydrogen-bond acceptors (Lipinski definition) is 2. The van der Waals surface area contributed by atoms with Crippen LogP contribution in [0.25, 0.3) is 11.0 Å². The first-order valence-electron chi connectivity index (χ1n) is 5.32. The second-order valence-electron chi connectivity index (χ2n) is 3.72. The van der Waals surface area contributed by atoms with Crippen LogP contribution in [-0.2, 0) is 6.42 Å². The Balaban J connectivity index is 2.41. The maximum atomic E-state index is 11.4. The molecular weight excluding hydrogens is 224 g/mol. The summed E-state index contributed by atoms with van der Waals surface area (Å²) in [5.41, 5.74) is 2.43. The van der Waals surface area contributed by atoms with Crippen LogP contribution in [0.15, 0.2) is 18.2 Å². The van der Waals surface area contributed by atoms with E-state index in [9.17, 15) is 4.79 Å². The molecule has 0 radical (unpaired) electrons. The highest BCUT2D eigenvalue weighted by Gasteiger charge is 2.07. The number of nitrogens with one attached hydrogen (secondary N) is 1. The topological polar surface area (TPSA) is 45.8 Å². The monoisotopic (exact) mass is 236 g/mol. The van der Waals surface area contributed by atoms with Crippen LogP contribution in [0.3, 0.4) is 0 Å². The Morgan fingerprint density at radius 1 is 1.50 bits per heavy atom. The zero-order valence-corrected chi connectivity index (χ0v) is 9.84. The number of carbonyl (C=O) groups excluding carboxylic acids is 1. The molecule has 0 unspecified atom stereocenters. The van der Waals surface area contributed by atoms with Gasteiger partial charge in [0.1, 0.15) is 5.82 Å². The number of aromatic nitrogens is 2. The lowest BCUT2D eigenvalue weighted by Crippen LogP contribution is -1.99. The molecule has 0 atom stereocenters. The van der Waals surface area contributed by atoms with E-state index in [2.05, 4.69) is 16.9 Å². The van der Waals surface area contributed by atoms with E-state index in [-0.39, 0.29) is 11.7 Å². The van der Waals surface area contributed by atoms with Crippen LogP contribution in [0.4, 0.5) is 0 Å². The molecule has 4 heteroatoms. The van der Waals surface area contributed by atoms with E-state index in [1.165, 1.54) is 0 Å². The minimum Gasteiger partial charge on any atom is -0.342 e. The number of aryl methyl sites for hydroxylation is 1. The molecule has 0 aliphatic carbocycles. The van der Waals surface area contributed by atoms with Gasteiger partial charge in [-0.2, -0.15) is 0 Å². The maximum absolute atomic E-state index is 11.4. The number of imidazole rings is 1. The molecule has 1 N–H and O–H groups in total. The molecule has 0 spiro atoms. The lowest BCUT2D eigenvalue weighted by Gasteiger charge is -1.95. The summed E-state index contributed by atoms with van der Waals surface area (Å²) in [5, 5.41) is 0. The van der Waals surface area contributed by atoms with Crippen LogP contribution < -0.4 is 0 Å². The first-order valence-corrected chi connectivity index (χ1v) is 5.86. The lowest BCUT2D eigenvalue weighted by molar-refractivity contribution is 0.102. The number of benzene rings is 1. The van der Waals surface area contributed by atoms with Crippen molar-refractivity contribution in [2.75, 3.05) is 5.88 Å². The van der Waals surface area contributed by atoms with Crippen LogP contribution in [0.2, 0.25) is 0 Å². The molecule has 16 heavy (non-hydrogen) atoms. The standard InChI is InChI=1S/C12H13ClN2O/c1-2-3-12-14-9-5-4-8(11(16)7-13)6-10(9)15-12/h4-6H,2-3,7H2,1H3,(H,14,15). The number of fused-ring (bicyclic) bond motifs is 1. The Labute approximate surface area is 98.8 Å². The first-order chi connectivity index (χ1) is 7.74. The largest absolute Gasteiger partial charge is 0.342 e. The van der Waals surface area contributed by atoms with Crippen molar-refractivity contribution in [1.29, 1.82) is 0 Å². The zero-order valence-electron chi connectivity index (χ0n) is 9.09. The van der Waals surface area contributed by atoms with Crippen molar-refractivity contribution in [3.63, 3.8) is 0 Å². The quantitative estimate of drug-likeness (QED) is 0.655. The van der Waals surface area contributed by atoms with E-state index in [1.807, 2.05) is 12.1 Å². The molecule has 0 fully saturated rings. The molecule has 2 aromatic rings. The fourth-order valence-electron chi connectivity index (χ4n) is 1.67. The SMILES string of the molecule is CCCc1nc2ccc(C(=O)CCl)cc2[nH]1. The number of aromatic amines is 1. The van der Waals surface area contributed by atoms with E-state index in [0.29, 0.717) is 5.56 Å². The fourth-order valence-corrected chi connectivity index (χ4v) is 1.82. The lowest BCUT2D eigenvalue weighted by atomic mass is 10.1. The van der Waals surface area contributed by atoms with Crippen molar-refractivity contribution in [1.82, 2.24) is 9.97 Å². The second kappa shape index (κ2) is 4.66. The highest BCUT2D eigenvalue weighted by Crippen LogP contribution is 2.15. The number of halogens is 1. The molecule has 1 aromatic carbocycles. The van der Waals surface area contributed by atoms with E-state index in [0.717, 1.165) is 29.7 Å². The van der Waals surface area contributed by atoms with E-state index >= 15 is 0 Å². The van der Waals surface area contributed by atoms with Gasteiger partial charge in [-0.05, 0) is 24.6 Å². The summed E-state index contributed by atoms with van der Waals surface area (Å²) in [7, 11) is 0. The van der Waals surface area contributed by atoms with Gasteiger partial charge in [0.05, 0.1) is 16.9 Å².